The van der Waals surface area contributed by atoms with Crippen molar-refractivity contribution < 1.29 is 19.1 Å². The highest BCUT2D eigenvalue weighted by Crippen LogP contribution is 2.11. The Labute approximate surface area is 62.4 Å². The van der Waals surface area contributed by atoms with Crippen molar-refractivity contribution >= 4 is 11.8 Å². The summed E-state index contributed by atoms with van der Waals surface area (Å²) < 4.78 is 9.38. The van der Waals surface area contributed by atoms with E-state index in [4.69, 9.17) is 20.9 Å². The Balaban J connectivity index is 2.65. The molecule has 1 fully saturated rings. The molecule has 62 valence electrons. The van der Waals surface area contributed by atoms with Gasteiger partial charge in [0.25, 0.3) is 0 Å². The van der Waals surface area contributed by atoms with Crippen LogP contribution >= 0.6 is 0 Å². The van der Waals surface area contributed by atoms with Crippen LogP contribution in [0.3, 0.4) is 0 Å². The van der Waals surface area contributed by atoms with Gasteiger partial charge in [-0.05, 0) is 0 Å². The monoisotopic (exact) mass is 160 g/mol. The van der Waals surface area contributed by atoms with Crippen LogP contribution in [0.25, 0.3) is 0 Å². The number of hydrogen-bond acceptors (Lipinski definition) is 4. The Morgan fingerprint density at radius 1 is 1.09 bits per heavy atom. The summed E-state index contributed by atoms with van der Waals surface area (Å²) in [4.78, 5) is 21.1. The van der Waals surface area contributed by atoms with Crippen molar-refractivity contribution in [2.45, 2.75) is 12.2 Å². The van der Waals surface area contributed by atoms with Gasteiger partial charge in [0.05, 0.1) is 0 Å². The number of carbonyl (C=O) groups is 2. The van der Waals surface area contributed by atoms with Crippen LogP contribution in [0.15, 0.2) is 0 Å². The molecule has 1 aliphatic heterocycles. The van der Waals surface area contributed by atoms with Gasteiger partial charge < -0.3 is 20.9 Å². The zero-order valence-electron chi connectivity index (χ0n) is 5.65. The van der Waals surface area contributed by atoms with Crippen molar-refractivity contribution in [1.29, 1.82) is 0 Å². The van der Waals surface area contributed by atoms with E-state index in [1.807, 2.05) is 0 Å². The van der Waals surface area contributed by atoms with Gasteiger partial charge in [-0.1, -0.05) is 0 Å². The summed E-state index contributed by atoms with van der Waals surface area (Å²) in [6, 6.07) is 0. The minimum absolute atomic E-state index is 0.124. The molecule has 0 aromatic heterocycles. The fourth-order valence-electron chi connectivity index (χ4n) is 0.823. The van der Waals surface area contributed by atoms with Crippen molar-refractivity contribution in [3.8, 4) is 0 Å². The van der Waals surface area contributed by atoms with E-state index in [1.165, 1.54) is 0 Å². The Hall–Kier alpha value is -1.14. The zero-order valence-corrected chi connectivity index (χ0v) is 5.65. The molecule has 11 heavy (non-hydrogen) atoms. The molecule has 0 unspecified atom stereocenters. The second-order valence-electron chi connectivity index (χ2n) is 2.10. The number of hydrogen-bond donors (Lipinski definition) is 2. The highest BCUT2D eigenvalue weighted by atomic mass is 16.7. The van der Waals surface area contributed by atoms with Gasteiger partial charge in [0, 0.05) is 0 Å². The lowest BCUT2D eigenvalue weighted by Crippen LogP contribution is -2.44. The molecular formula is C5H8N2O4. The SMILES string of the molecule is NC(=O)[C@@H]1OCO[C@H]1C(N)=O. The molecule has 0 spiro atoms. The van der Waals surface area contributed by atoms with Crippen LogP contribution in [-0.4, -0.2) is 30.8 Å². The molecule has 0 aromatic rings. The summed E-state index contributed by atoms with van der Waals surface area (Å²) in [7, 11) is 0. The van der Waals surface area contributed by atoms with Gasteiger partial charge in [-0.3, -0.25) is 9.59 Å². The predicted molar refractivity (Wildman–Crippen MR) is 33.0 cm³/mol. The maximum Gasteiger partial charge on any atom is 0.249 e. The van der Waals surface area contributed by atoms with Crippen molar-refractivity contribution in [3.63, 3.8) is 0 Å². The van der Waals surface area contributed by atoms with E-state index in [1.54, 1.807) is 0 Å². The summed E-state index contributed by atoms with van der Waals surface area (Å²) in [5.74, 6) is -1.49. The van der Waals surface area contributed by atoms with Gasteiger partial charge in [-0.25, -0.2) is 0 Å². The van der Waals surface area contributed by atoms with Crippen LogP contribution in [-0.2, 0) is 19.1 Å². The molecule has 0 saturated carbocycles. The van der Waals surface area contributed by atoms with E-state index in [0.717, 1.165) is 0 Å². The second kappa shape index (κ2) is 2.85. The molecule has 1 heterocycles. The first kappa shape index (κ1) is 7.96. The third-order valence-corrected chi connectivity index (χ3v) is 1.33. The molecule has 2 atom stereocenters. The van der Waals surface area contributed by atoms with Crippen LogP contribution in [0, 0.1) is 0 Å². The zero-order chi connectivity index (χ0) is 8.43. The van der Waals surface area contributed by atoms with Gasteiger partial charge in [-0.2, -0.15) is 0 Å². The summed E-state index contributed by atoms with van der Waals surface area (Å²) >= 11 is 0. The highest BCUT2D eigenvalue weighted by molar-refractivity contribution is 5.89. The Kier molecular flexibility index (Phi) is 2.06. The molecular weight excluding hydrogens is 152 g/mol. The van der Waals surface area contributed by atoms with E-state index in [2.05, 4.69) is 0 Å². The number of rotatable bonds is 2. The molecule has 6 heteroatoms. The maximum absolute atomic E-state index is 10.5. The molecule has 6 nitrogen and oxygen atoms in total. The molecule has 0 bridgehead atoms. The fourth-order valence-corrected chi connectivity index (χ4v) is 0.823. The molecule has 1 rings (SSSR count). The number of carbonyl (C=O) groups excluding carboxylic acids is 2. The Morgan fingerprint density at radius 2 is 1.45 bits per heavy atom. The first-order valence-corrected chi connectivity index (χ1v) is 2.95. The molecule has 0 aromatic carbocycles. The minimum atomic E-state index is -1.03. The summed E-state index contributed by atoms with van der Waals surface area (Å²) in [6.45, 7) is -0.124. The van der Waals surface area contributed by atoms with E-state index < -0.39 is 24.0 Å². The lowest BCUT2D eigenvalue weighted by Gasteiger charge is -2.08. The van der Waals surface area contributed by atoms with Crippen LogP contribution in [0.4, 0.5) is 0 Å². The first-order valence-electron chi connectivity index (χ1n) is 2.95. The van der Waals surface area contributed by atoms with Crippen LogP contribution in [0.2, 0.25) is 0 Å². The van der Waals surface area contributed by atoms with E-state index in [9.17, 15) is 9.59 Å². The van der Waals surface area contributed by atoms with Gasteiger partial charge >= 0.3 is 0 Å². The third kappa shape index (κ3) is 1.47. The Morgan fingerprint density at radius 3 is 1.73 bits per heavy atom. The van der Waals surface area contributed by atoms with E-state index in [0.29, 0.717) is 0 Å². The average molecular weight is 160 g/mol. The lowest BCUT2D eigenvalue weighted by atomic mass is 10.2. The normalized spacial score (nSPS) is 30.2. The van der Waals surface area contributed by atoms with Gasteiger partial charge in [0.2, 0.25) is 11.8 Å². The van der Waals surface area contributed by atoms with Crippen molar-refractivity contribution in [1.82, 2.24) is 0 Å². The lowest BCUT2D eigenvalue weighted by molar-refractivity contribution is -0.133. The summed E-state index contributed by atoms with van der Waals surface area (Å²) in [5, 5.41) is 0. The van der Waals surface area contributed by atoms with Gasteiger partial charge in [-0.15, -0.1) is 0 Å². The van der Waals surface area contributed by atoms with Crippen molar-refractivity contribution in [2.75, 3.05) is 6.79 Å². The maximum atomic E-state index is 10.5. The Bertz CT molecular complexity index is 173. The highest BCUT2D eigenvalue weighted by Gasteiger charge is 2.37. The van der Waals surface area contributed by atoms with Crippen molar-refractivity contribution in [2.24, 2.45) is 11.5 Å². The van der Waals surface area contributed by atoms with E-state index >= 15 is 0 Å². The molecule has 0 aliphatic carbocycles. The molecule has 2 amide bonds. The number of ether oxygens (including phenoxy) is 2. The predicted octanol–water partition coefficient (Wildman–Crippen LogP) is -2.30. The standard InChI is InChI=1S/C5H8N2O4/c6-4(8)2-3(5(7)9)11-1-10-2/h2-3H,1H2,(H2,6,8)(H2,7,9)/t2-,3-/m1/s1. The smallest absolute Gasteiger partial charge is 0.249 e. The van der Waals surface area contributed by atoms with E-state index in [-0.39, 0.29) is 6.79 Å². The second-order valence-corrected chi connectivity index (χ2v) is 2.10. The van der Waals surface area contributed by atoms with Crippen LogP contribution < -0.4 is 11.5 Å². The fraction of sp³-hybridized carbons (Fsp3) is 0.600. The van der Waals surface area contributed by atoms with Crippen molar-refractivity contribution in [3.05, 3.63) is 0 Å². The van der Waals surface area contributed by atoms with Crippen LogP contribution in [0.1, 0.15) is 0 Å². The summed E-state index contributed by atoms with van der Waals surface area (Å²) in [5.41, 5.74) is 9.75. The first-order chi connectivity index (χ1) is 5.13. The molecule has 1 aliphatic rings. The summed E-state index contributed by atoms with van der Waals surface area (Å²) in [6.07, 6.45) is -2.07. The number of nitrogens with two attached hydrogens (primary N) is 2. The third-order valence-electron chi connectivity index (χ3n) is 1.33. The largest absolute Gasteiger partial charge is 0.367 e. The number of amides is 2. The van der Waals surface area contributed by atoms with Gasteiger partial charge in [0.15, 0.2) is 12.2 Å². The average Bonchev–Trinajstić information content (AvgIpc) is 2.32. The van der Waals surface area contributed by atoms with Gasteiger partial charge in [0.1, 0.15) is 6.79 Å². The van der Waals surface area contributed by atoms with Crippen LogP contribution in [0.5, 0.6) is 0 Å². The quantitative estimate of drug-likeness (QED) is 0.473. The molecule has 4 N–H and O–H groups in total. The molecule has 1 saturated heterocycles. The molecule has 0 radical (unpaired) electrons. The topological polar surface area (TPSA) is 105 Å². The number of primary amides is 2. The minimum Gasteiger partial charge on any atom is -0.367 e.